The van der Waals surface area contributed by atoms with Gasteiger partial charge in [-0.05, 0) is 38.4 Å². The third-order valence-electron chi connectivity index (χ3n) is 3.85. The molecule has 0 amide bonds. The molecule has 2 rings (SSSR count). The molecule has 1 aliphatic rings. The van der Waals surface area contributed by atoms with E-state index in [2.05, 4.69) is 29.2 Å². The van der Waals surface area contributed by atoms with Crippen molar-refractivity contribution in [3.63, 3.8) is 0 Å². The number of pyridine rings is 1. The number of rotatable bonds is 3. The van der Waals surface area contributed by atoms with E-state index in [1.807, 2.05) is 6.92 Å². The lowest BCUT2D eigenvalue weighted by molar-refractivity contribution is -0.137. The van der Waals surface area contributed by atoms with E-state index in [0.717, 1.165) is 25.2 Å². The first-order chi connectivity index (χ1) is 9.27. The van der Waals surface area contributed by atoms with Crippen molar-refractivity contribution in [1.82, 2.24) is 9.88 Å². The van der Waals surface area contributed by atoms with Gasteiger partial charge in [0.15, 0.2) is 0 Å². The summed E-state index contributed by atoms with van der Waals surface area (Å²) in [5.74, 6) is 1.13. The molecular weight excluding hydrogens is 267 g/mol. The highest BCUT2D eigenvalue weighted by Crippen LogP contribution is 2.29. The summed E-state index contributed by atoms with van der Waals surface area (Å²) in [6, 6.07) is 2.98. The van der Waals surface area contributed by atoms with Crippen LogP contribution in [0.25, 0.3) is 0 Å². The fourth-order valence-corrected chi connectivity index (χ4v) is 2.86. The fraction of sp³-hybridized carbons (Fsp3) is 0.643. The van der Waals surface area contributed by atoms with Crippen molar-refractivity contribution in [2.45, 2.75) is 38.5 Å². The van der Waals surface area contributed by atoms with Crippen LogP contribution >= 0.6 is 0 Å². The van der Waals surface area contributed by atoms with Gasteiger partial charge in [0.2, 0.25) is 0 Å². The Balaban J connectivity index is 2.00. The number of nitrogens with one attached hydrogen (secondary N) is 1. The highest BCUT2D eigenvalue weighted by Gasteiger charge is 2.32. The summed E-state index contributed by atoms with van der Waals surface area (Å²) in [6.07, 6.45) is -2.38. The van der Waals surface area contributed by atoms with Crippen LogP contribution in [0, 0.1) is 5.92 Å². The summed E-state index contributed by atoms with van der Waals surface area (Å²) >= 11 is 0. The monoisotopic (exact) mass is 287 g/mol. The molecule has 3 nitrogen and oxygen atoms in total. The second kappa shape index (κ2) is 5.60. The SMILES string of the molecule is CC1CC(C(C)Nc2ccc(C(F)(F)F)cn2)N(C)C1. The van der Waals surface area contributed by atoms with Crippen molar-refractivity contribution in [3.8, 4) is 0 Å². The smallest absolute Gasteiger partial charge is 0.366 e. The maximum Gasteiger partial charge on any atom is 0.417 e. The van der Waals surface area contributed by atoms with Gasteiger partial charge in [0.05, 0.1) is 5.56 Å². The lowest BCUT2D eigenvalue weighted by Crippen LogP contribution is -2.39. The minimum absolute atomic E-state index is 0.147. The van der Waals surface area contributed by atoms with Gasteiger partial charge in [0.1, 0.15) is 5.82 Å². The highest BCUT2D eigenvalue weighted by atomic mass is 19.4. The summed E-state index contributed by atoms with van der Waals surface area (Å²) in [4.78, 5) is 6.14. The van der Waals surface area contributed by atoms with Crippen LogP contribution in [-0.2, 0) is 6.18 Å². The van der Waals surface area contributed by atoms with E-state index in [1.165, 1.54) is 6.07 Å². The average Bonchev–Trinajstić information content (AvgIpc) is 2.68. The zero-order valence-corrected chi connectivity index (χ0v) is 11.9. The largest absolute Gasteiger partial charge is 0.417 e. The topological polar surface area (TPSA) is 28.2 Å². The molecule has 3 atom stereocenters. The number of hydrogen-bond donors (Lipinski definition) is 1. The number of halogens is 3. The molecule has 1 saturated heterocycles. The van der Waals surface area contributed by atoms with Crippen molar-refractivity contribution in [2.24, 2.45) is 5.92 Å². The van der Waals surface area contributed by atoms with Crippen LogP contribution in [0.15, 0.2) is 18.3 Å². The Morgan fingerprint density at radius 1 is 1.40 bits per heavy atom. The Morgan fingerprint density at radius 2 is 2.10 bits per heavy atom. The Kier molecular flexibility index (Phi) is 4.22. The van der Waals surface area contributed by atoms with E-state index in [9.17, 15) is 13.2 Å². The lowest BCUT2D eigenvalue weighted by Gasteiger charge is -2.27. The second-order valence-corrected chi connectivity index (χ2v) is 5.71. The van der Waals surface area contributed by atoms with Crippen molar-refractivity contribution in [1.29, 1.82) is 0 Å². The summed E-state index contributed by atoms with van der Waals surface area (Å²) < 4.78 is 37.4. The van der Waals surface area contributed by atoms with Gasteiger partial charge in [-0.3, -0.25) is 0 Å². The highest BCUT2D eigenvalue weighted by molar-refractivity contribution is 5.37. The predicted octanol–water partition coefficient (Wildman–Crippen LogP) is 3.24. The molecule has 20 heavy (non-hydrogen) atoms. The third kappa shape index (κ3) is 3.42. The van der Waals surface area contributed by atoms with Crippen molar-refractivity contribution in [2.75, 3.05) is 18.9 Å². The number of alkyl halides is 3. The van der Waals surface area contributed by atoms with Gasteiger partial charge in [0.25, 0.3) is 0 Å². The summed E-state index contributed by atoms with van der Waals surface area (Å²) in [5.41, 5.74) is -0.720. The standard InChI is InChI=1S/C14H20F3N3/c1-9-6-12(20(3)8-9)10(2)19-13-5-4-11(7-18-13)14(15,16)17/h4-5,7,9-10,12H,6,8H2,1-3H3,(H,18,19). The number of anilines is 1. The van der Waals surface area contributed by atoms with Gasteiger partial charge >= 0.3 is 6.18 Å². The molecule has 1 aliphatic heterocycles. The van der Waals surface area contributed by atoms with Crippen LogP contribution in [-0.4, -0.2) is 35.6 Å². The van der Waals surface area contributed by atoms with Crippen LogP contribution in [0.2, 0.25) is 0 Å². The van der Waals surface area contributed by atoms with Crippen molar-refractivity contribution >= 4 is 5.82 Å². The molecule has 0 aliphatic carbocycles. The molecule has 1 N–H and O–H groups in total. The number of nitrogens with zero attached hydrogens (tertiary/aromatic N) is 2. The van der Waals surface area contributed by atoms with Crippen LogP contribution in [0.3, 0.4) is 0 Å². The van der Waals surface area contributed by atoms with E-state index in [0.29, 0.717) is 17.8 Å². The maximum absolute atomic E-state index is 12.5. The summed E-state index contributed by atoms with van der Waals surface area (Å²) in [7, 11) is 2.08. The van der Waals surface area contributed by atoms with E-state index in [4.69, 9.17) is 0 Å². The molecule has 0 radical (unpaired) electrons. The van der Waals surface area contributed by atoms with Crippen LogP contribution in [0.1, 0.15) is 25.8 Å². The molecule has 0 spiro atoms. The third-order valence-corrected chi connectivity index (χ3v) is 3.85. The first-order valence-corrected chi connectivity index (χ1v) is 6.77. The Hall–Kier alpha value is -1.30. The molecule has 2 heterocycles. The maximum atomic E-state index is 12.5. The molecule has 3 unspecified atom stereocenters. The quantitative estimate of drug-likeness (QED) is 0.925. The zero-order valence-electron chi connectivity index (χ0n) is 11.9. The molecular formula is C14H20F3N3. The van der Waals surface area contributed by atoms with Crippen molar-refractivity contribution < 1.29 is 13.2 Å². The van der Waals surface area contributed by atoms with Crippen LogP contribution < -0.4 is 5.32 Å². The number of aromatic nitrogens is 1. The van der Waals surface area contributed by atoms with Gasteiger partial charge in [0, 0.05) is 24.8 Å². The molecule has 6 heteroatoms. The second-order valence-electron chi connectivity index (χ2n) is 5.71. The van der Waals surface area contributed by atoms with E-state index in [-0.39, 0.29) is 6.04 Å². The molecule has 1 aromatic heterocycles. The first-order valence-electron chi connectivity index (χ1n) is 6.77. The van der Waals surface area contributed by atoms with Gasteiger partial charge in [-0.1, -0.05) is 6.92 Å². The van der Waals surface area contributed by atoms with Crippen LogP contribution in [0.4, 0.5) is 19.0 Å². The molecule has 0 saturated carbocycles. The molecule has 0 aromatic carbocycles. The van der Waals surface area contributed by atoms with E-state index >= 15 is 0 Å². The predicted molar refractivity (Wildman–Crippen MR) is 72.5 cm³/mol. The van der Waals surface area contributed by atoms with Gasteiger partial charge in [-0.15, -0.1) is 0 Å². The number of likely N-dealkylation sites (tertiary alicyclic amines) is 1. The van der Waals surface area contributed by atoms with Gasteiger partial charge in [-0.2, -0.15) is 13.2 Å². The molecule has 112 valence electrons. The van der Waals surface area contributed by atoms with E-state index < -0.39 is 11.7 Å². The Bertz CT molecular complexity index is 444. The Labute approximate surface area is 117 Å². The fourth-order valence-electron chi connectivity index (χ4n) is 2.86. The minimum atomic E-state index is -4.34. The minimum Gasteiger partial charge on any atom is -0.366 e. The van der Waals surface area contributed by atoms with Gasteiger partial charge < -0.3 is 10.2 Å². The Morgan fingerprint density at radius 3 is 2.55 bits per heavy atom. The van der Waals surface area contributed by atoms with Crippen molar-refractivity contribution in [3.05, 3.63) is 23.9 Å². The number of likely N-dealkylation sites (N-methyl/N-ethyl adjacent to an activating group) is 1. The summed E-state index contributed by atoms with van der Waals surface area (Å²) in [5, 5.41) is 3.19. The first kappa shape index (κ1) is 15.1. The molecule has 0 bridgehead atoms. The summed E-state index contributed by atoms with van der Waals surface area (Å²) in [6.45, 7) is 5.30. The molecule has 1 fully saturated rings. The molecule has 1 aromatic rings. The zero-order chi connectivity index (χ0) is 14.9. The normalized spacial score (nSPS) is 25.7. The lowest BCUT2D eigenvalue weighted by atomic mass is 10.0. The number of hydrogen-bond acceptors (Lipinski definition) is 3. The van der Waals surface area contributed by atoms with Gasteiger partial charge in [-0.25, -0.2) is 4.98 Å². The average molecular weight is 287 g/mol. The van der Waals surface area contributed by atoms with E-state index in [1.54, 1.807) is 0 Å². The van der Waals surface area contributed by atoms with Crippen LogP contribution in [0.5, 0.6) is 0 Å².